The van der Waals surface area contributed by atoms with Crippen LogP contribution in [0.3, 0.4) is 0 Å². The lowest BCUT2D eigenvalue weighted by Gasteiger charge is -2.15. The second-order valence-corrected chi connectivity index (χ2v) is 5.51. The van der Waals surface area contributed by atoms with Gasteiger partial charge in [0, 0.05) is 0 Å². The Morgan fingerprint density at radius 2 is 2.09 bits per heavy atom. The summed E-state index contributed by atoms with van der Waals surface area (Å²) in [6.07, 6.45) is -3.85. The molecule has 6 nitrogen and oxygen atoms in total. The lowest BCUT2D eigenvalue weighted by atomic mass is 10.1. The van der Waals surface area contributed by atoms with Crippen molar-refractivity contribution in [2.75, 3.05) is 12.0 Å². The summed E-state index contributed by atoms with van der Waals surface area (Å²) < 4.78 is 62.6. The van der Waals surface area contributed by atoms with E-state index >= 15 is 0 Å². The van der Waals surface area contributed by atoms with Gasteiger partial charge in [-0.1, -0.05) is 13.3 Å². The normalized spacial score (nSPS) is 12.6. The van der Waals surface area contributed by atoms with E-state index < -0.39 is 34.7 Å². The van der Waals surface area contributed by atoms with Crippen LogP contribution in [0.15, 0.2) is 18.2 Å². The summed E-state index contributed by atoms with van der Waals surface area (Å²) in [4.78, 5) is 11.4. The van der Waals surface area contributed by atoms with Crippen LogP contribution in [0.25, 0.3) is 0 Å². The Balaban J connectivity index is 2.80. The van der Waals surface area contributed by atoms with Crippen LogP contribution in [-0.4, -0.2) is 21.5 Å². The van der Waals surface area contributed by atoms with Crippen molar-refractivity contribution < 1.29 is 31.5 Å². The van der Waals surface area contributed by atoms with Gasteiger partial charge in [-0.15, -0.1) is 0 Å². The molecule has 0 saturated carbocycles. The van der Waals surface area contributed by atoms with Crippen molar-refractivity contribution in [2.24, 2.45) is 0 Å². The largest absolute Gasteiger partial charge is 0.448 e. The fraction of sp³-hybridized carbons (Fsp3) is 0.462. The van der Waals surface area contributed by atoms with Gasteiger partial charge >= 0.3 is 12.3 Å². The van der Waals surface area contributed by atoms with Crippen LogP contribution in [0.4, 0.5) is 23.7 Å². The van der Waals surface area contributed by atoms with E-state index in [1.165, 1.54) is 0 Å². The van der Waals surface area contributed by atoms with Gasteiger partial charge in [0.25, 0.3) is 0 Å². The second-order valence-electron chi connectivity index (χ2n) is 4.57. The smallest absolute Gasteiger partial charge is 0.425 e. The molecule has 0 radical (unpaired) electrons. The van der Waals surface area contributed by atoms with Crippen molar-refractivity contribution >= 4 is 22.9 Å². The highest BCUT2D eigenvalue weighted by atomic mass is 32.2. The van der Waals surface area contributed by atoms with Crippen molar-refractivity contribution in [3.63, 3.8) is 0 Å². The molecule has 0 heterocycles. The number of hydrogen-bond acceptors (Lipinski definition) is 4. The van der Waals surface area contributed by atoms with Gasteiger partial charge in [0.1, 0.15) is 0 Å². The molecule has 0 aliphatic rings. The Bertz CT molecular complexity index is 567. The molecule has 0 aliphatic carbocycles. The zero-order chi connectivity index (χ0) is 17.5. The molecule has 0 spiro atoms. The summed E-state index contributed by atoms with van der Waals surface area (Å²) in [6.45, 7) is 2.13. The molecule has 0 aromatic heterocycles. The van der Waals surface area contributed by atoms with Crippen LogP contribution >= 0.6 is 0 Å². The monoisotopic (exact) mass is 354 g/mol. The van der Waals surface area contributed by atoms with Gasteiger partial charge in [0.05, 0.1) is 23.6 Å². The molecule has 1 atom stereocenters. The number of amides is 1. The van der Waals surface area contributed by atoms with Crippen LogP contribution < -0.4 is 10.9 Å². The van der Waals surface area contributed by atoms with Crippen molar-refractivity contribution in [2.45, 2.75) is 31.7 Å². The van der Waals surface area contributed by atoms with Crippen LogP contribution in [0, 0.1) is 0 Å². The number of ether oxygens (including phenoxy) is 1. The zero-order valence-electron chi connectivity index (χ0n) is 12.3. The van der Waals surface area contributed by atoms with Gasteiger partial charge < -0.3 is 9.29 Å². The standard InChI is InChI=1S/C13H17F3N2O4S/c1-2-3-6-22-12(19)18-17-11-5-4-10(13(14,15)16)7-9(11)8-23(20)21/h4-5,7,17H,2-3,6,8H2,1H3,(H,18,19)(H,20,21). The molecule has 0 bridgehead atoms. The molecule has 1 amide bonds. The molecule has 130 valence electrons. The number of halogens is 3. The van der Waals surface area contributed by atoms with Gasteiger partial charge in [-0.05, 0) is 30.2 Å². The third-order valence-corrected chi connectivity index (χ3v) is 3.30. The Labute approximate surface area is 133 Å². The zero-order valence-corrected chi connectivity index (χ0v) is 13.1. The van der Waals surface area contributed by atoms with E-state index in [1.54, 1.807) is 0 Å². The maximum absolute atomic E-state index is 12.7. The summed E-state index contributed by atoms with van der Waals surface area (Å²) in [5, 5.41) is 0. The van der Waals surface area contributed by atoms with Gasteiger partial charge in [-0.2, -0.15) is 13.2 Å². The molecule has 23 heavy (non-hydrogen) atoms. The number of hydrazine groups is 1. The van der Waals surface area contributed by atoms with Gasteiger partial charge in [0.15, 0.2) is 11.1 Å². The predicted molar refractivity (Wildman–Crippen MR) is 78.9 cm³/mol. The first-order valence-electron chi connectivity index (χ1n) is 6.70. The van der Waals surface area contributed by atoms with Crippen molar-refractivity contribution in [1.82, 2.24) is 5.43 Å². The lowest BCUT2D eigenvalue weighted by molar-refractivity contribution is -0.137. The van der Waals surface area contributed by atoms with Crippen molar-refractivity contribution in [1.29, 1.82) is 0 Å². The first-order chi connectivity index (χ1) is 10.7. The van der Waals surface area contributed by atoms with Gasteiger partial charge in [0.2, 0.25) is 0 Å². The van der Waals surface area contributed by atoms with Crippen LogP contribution in [0.5, 0.6) is 0 Å². The summed E-state index contributed by atoms with van der Waals surface area (Å²) in [7, 11) is 0. The van der Waals surface area contributed by atoms with Crippen molar-refractivity contribution in [3.05, 3.63) is 29.3 Å². The number of anilines is 1. The first kappa shape index (κ1) is 19.2. The van der Waals surface area contributed by atoms with E-state index in [1.807, 2.05) is 6.92 Å². The van der Waals surface area contributed by atoms with Crippen LogP contribution in [0.1, 0.15) is 30.9 Å². The second kappa shape index (κ2) is 8.73. The highest BCUT2D eigenvalue weighted by Gasteiger charge is 2.31. The third-order valence-electron chi connectivity index (χ3n) is 2.74. The summed E-state index contributed by atoms with van der Waals surface area (Å²) in [6, 6.07) is 2.62. The minimum Gasteiger partial charge on any atom is -0.448 e. The minimum atomic E-state index is -4.57. The van der Waals surface area contributed by atoms with E-state index in [0.717, 1.165) is 24.6 Å². The fourth-order valence-electron chi connectivity index (χ4n) is 1.61. The molecule has 0 saturated heterocycles. The molecular weight excluding hydrogens is 337 g/mol. The number of unbranched alkanes of at least 4 members (excludes halogenated alkanes) is 1. The number of carbonyl (C=O) groups excluding carboxylic acids is 1. The maximum Gasteiger partial charge on any atom is 0.425 e. The van der Waals surface area contributed by atoms with Crippen LogP contribution in [-0.2, 0) is 27.7 Å². The van der Waals surface area contributed by atoms with Crippen molar-refractivity contribution in [3.8, 4) is 0 Å². The van der Waals surface area contributed by atoms with E-state index in [0.29, 0.717) is 6.42 Å². The van der Waals surface area contributed by atoms with Gasteiger partial charge in [-0.25, -0.2) is 14.4 Å². The first-order valence-corrected chi connectivity index (χ1v) is 7.98. The molecular formula is C13H17F3N2O4S. The molecule has 0 aliphatic heterocycles. The Kier molecular flexibility index (Phi) is 7.30. The molecule has 1 unspecified atom stereocenters. The average molecular weight is 354 g/mol. The molecule has 1 aromatic rings. The Morgan fingerprint density at radius 1 is 1.39 bits per heavy atom. The van der Waals surface area contributed by atoms with E-state index in [9.17, 15) is 22.2 Å². The van der Waals surface area contributed by atoms with E-state index in [2.05, 4.69) is 10.9 Å². The molecule has 3 N–H and O–H groups in total. The molecule has 1 aromatic carbocycles. The lowest BCUT2D eigenvalue weighted by Crippen LogP contribution is -2.31. The molecule has 0 fully saturated rings. The summed E-state index contributed by atoms with van der Waals surface area (Å²) in [5.41, 5.74) is 3.61. The summed E-state index contributed by atoms with van der Waals surface area (Å²) >= 11 is -2.33. The summed E-state index contributed by atoms with van der Waals surface area (Å²) in [5.74, 6) is -0.515. The van der Waals surface area contributed by atoms with Crippen LogP contribution in [0.2, 0.25) is 0 Å². The number of rotatable bonds is 7. The number of carbonyl (C=O) groups is 1. The predicted octanol–water partition coefficient (Wildman–Crippen LogP) is 3.28. The Morgan fingerprint density at radius 3 is 2.65 bits per heavy atom. The Hall–Kier alpha value is -1.81. The third kappa shape index (κ3) is 6.87. The number of nitrogens with one attached hydrogen (secondary N) is 2. The number of hydrogen-bond donors (Lipinski definition) is 3. The maximum atomic E-state index is 12.7. The average Bonchev–Trinajstić information content (AvgIpc) is 2.44. The number of benzene rings is 1. The quantitative estimate of drug-likeness (QED) is 0.397. The van der Waals surface area contributed by atoms with Gasteiger partial charge in [-0.3, -0.25) is 5.43 Å². The minimum absolute atomic E-state index is 0.0606. The molecule has 10 heteroatoms. The SMILES string of the molecule is CCCCOC(=O)NNc1ccc(C(F)(F)F)cc1CS(=O)O. The molecule has 1 rings (SSSR count). The van der Waals surface area contributed by atoms with E-state index in [4.69, 9.17) is 9.29 Å². The topological polar surface area (TPSA) is 87.7 Å². The highest BCUT2D eigenvalue weighted by molar-refractivity contribution is 7.78. The fourth-order valence-corrected chi connectivity index (χ4v) is 2.11. The van der Waals surface area contributed by atoms with E-state index in [-0.39, 0.29) is 17.9 Å². The number of alkyl halides is 3. The highest BCUT2D eigenvalue weighted by Crippen LogP contribution is 2.32.